The van der Waals surface area contributed by atoms with Gasteiger partial charge in [0.05, 0.1) is 16.3 Å². The van der Waals surface area contributed by atoms with E-state index in [1.165, 1.54) is 12.1 Å². The summed E-state index contributed by atoms with van der Waals surface area (Å²) in [6.07, 6.45) is 0. The van der Waals surface area contributed by atoms with Crippen molar-refractivity contribution in [3.63, 3.8) is 0 Å². The number of carbonyl (C=O) groups excluding carboxylic acids is 1. The van der Waals surface area contributed by atoms with Gasteiger partial charge < -0.3 is 19.3 Å². The molecule has 1 fully saturated rings. The maximum absolute atomic E-state index is 13.2. The number of hydrogen-bond acceptors (Lipinski definition) is 4. The van der Waals surface area contributed by atoms with Crippen LogP contribution in [-0.4, -0.2) is 50.9 Å². The molecule has 1 saturated heterocycles. The molecule has 7 heteroatoms. The van der Waals surface area contributed by atoms with E-state index in [1.807, 2.05) is 25.1 Å². The van der Waals surface area contributed by atoms with E-state index in [0.29, 0.717) is 31.7 Å². The number of benzene rings is 2. The minimum absolute atomic E-state index is 0.136. The minimum Gasteiger partial charge on any atom is -0.465 e. The third-order valence-corrected chi connectivity index (χ3v) is 4.89. The highest BCUT2D eigenvalue weighted by molar-refractivity contribution is 6.33. The topological polar surface area (TPSA) is 42.0 Å². The zero-order valence-electron chi connectivity index (χ0n) is 15.4. The Morgan fingerprint density at radius 3 is 2.59 bits per heavy atom. The third-order valence-electron chi connectivity index (χ3n) is 4.58. The van der Waals surface area contributed by atoms with E-state index in [-0.39, 0.29) is 17.7 Å². The number of methoxy groups -OCH3 is 1. The molecule has 0 bridgehead atoms. The average Bonchev–Trinajstić information content (AvgIpc) is 2.66. The molecule has 1 heterocycles. The highest BCUT2D eigenvalue weighted by Gasteiger charge is 2.25. The maximum atomic E-state index is 13.2. The van der Waals surface area contributed by atoms with E-state index >= 15 is 0 Å². The van der Waals surface area contributed by atoms with Crippen LogP contribution in [0.25, 0.3) is 0 Å². The van der Waals surface area contributed by atoms with Crippen molar-refractivity contribution in [3.05, 3.63) is 58.4 Å². The zero-order valence-corrected chi connectivity index (χ0v) is 16.1. The first-order valence-corrected chi connectivity index (χ1v) is 9.09. The van der Waals surface area contributed by atoms with Crippen LogP contribution in [0.2, 0.25) is 5.02 Å². The highest BCUT2D eigenvalue weighted by atomic mass is 35.5. The molecule has 2 aromatic carbocycles. The summed E-state index contributed by atoms with van der Waals surface area (Å²) in [5.74, 6) is 0.157. The van der Waals surface area contributed by atoms with Crippen molar-refractivity contribution in [2.45, 2.75) is 6.92 Å². The number of hydrogen-bond donors (Lipinski definition) is 0. The zero-order chi connectivity index (χ0) is 19.4. The van der Waals surface area contributed by atoms with Gasteiger partial charge in [-0.1, -0.05) is 23.7 Å². The summed E-state index contributed by atoms with van der Waals surface area (Å²) in [5, 5.41) is 0.136. The summed E-state index contributed by atoms with van der Waals surface area (Å²) in [6, 6.07) is 9.83. The van der Waals surface area contributed by atoms with Gasteiger partial charge in [0.1, 0.15) is 11.6 Å². The van der Waals surface area contributed by atoms with Crippen molar-refractivity contribution in [2.75, 3.05) is 45.0 Å². The fourth-order valence-electron chi connectivity index (χ4n) is 3.18. The summed E-state index contributed by atoms with van der Waals surface area (Å²) in [4.78, 5) is 16.6. The van der Waals surface area contributed by atoms with Gasteiger partial charge in [0, 0.05) is 33.3 Å². The van der Waals surface area contributed by atoms with E-state index in [4.69, 9.17) is 21.1 Å². The smallest absolute Gasteiger partial charge is 0.255 e. The number of para-hydroxylation sites is 1. The number of piperazine rings is 1. The highest BCUT2D eigenvalue weighted by Crippen LogP contribution is 2.32. The fraction of sp³-hybridized carbons (Fsp3) is 0.350. The number of rotatable bonds is 5. The van der Waals surface area contributed by atoms with Crippen LogP contribution in [0.4, 0.5) is 10.1 Å². The molecular weight excluding hydrogens is 371 g/mol. The lowest BCUT2D eigenvalue weighted by atomic mass is 10.1. The van der Waals surface area contributed by atoms with E-state index < -0.39 is 5.82 Å². The average molecular weight is 393 g/mol. The molecule has 0 N–H and O–H groups in total. The SMILES string of the molecule is COCOc1c(C)cccc1N1CCN(C(=O)c2ccc(F)cc2Cl)CC1. The molecule has 5 nitrogen and oxygen atoms in total. The second-order valence-corrected chi connectivity index (χ2v) is 6.78. The Hall–Kier alpha value is -2.31. The van der Waals surface area contributed by atoms with Crippen molar-refractivity contribution in [2.24, 2.45) is 0 Å². The van der Waals surface area contributed by atoms with Gasteiger partial charge in [0.15, 0.2) is 6.79 Å². The van der Waals surface area contributed by atoms with Crippen molar-refractivity contribution < 1.29 is 18.7 Å². The molecule has 0 atom stereocenters. The molecule has 2 aromatic rings. The van der Waals surface area contributed by atoms with E-state index in [0.717, 1.165) is 23.1 Å². The number of nitrogens with zero attached hydrogens (tertiary/aromatic N) is 2. The van der Waals surface area contributed by atoms with Crippen LogP contribution in [0.15, 0.2) is 36.4 Å². The Morgan fingerprint density at radius 1 is 1.19 bits per heavy atom. The van der Waals surface area contributed by atoms with Gasteiger partial charge in [0.2, 0.25) is 0 Å². The van der Waals surface area contributed by atoms with Gasteiger partial charge in [-0.2, -0.15) is 0 Å². The van der Waals surface area contributed by atoms with E-state index in [9.17, 15) is 9.18 Å². The number of anilines is 1. The molecule has 27 heavy (non-hydrogen) atoms. The standard InChI is InChI=1S/C20H22ClFN2O3/c1-14-4-3-5-18(19(14)27-13-26-2)23-8-10-24(11-9-23)20(25)16-7-6-15(22)12-17(16)21/h3-7,12H,8-11,13H2,1-2H3. The summed E-state index contributed by atoms with van der Waals surface area (Å²) < 4.78 is 24.0. The van der Waals surface area contributed by atoms with Gasteiger partial charge in [-0.25, -0.2) is 4.39 Å². The monoisotopic (exact) mass is 392 g/mol. The molecule has 1 aliphatic rings. The van der Waals surface area contributed by atoms with Crippen LogP contribution in [0.1, 0.15) is 15.9 Å². The Balaban J connectivity index is 1.70. The van der Waals surface area contributed by atoms with Crippen molar-refractivity contribution >= 4 is 23.2 Å². The molecule has 0 spiro atoms. The molecule has 0 radical (unpaired) electrons. The number of amides is 1. The Morgan fingerprint density at radius 2 is 1.93 bits per heavy atom. The van der Waals surface area contributed by atoms with Crippen LogP contribution >= 0.6 is 11.6 Å². The fourth-order valence-corrected chi connectivity index (χ4v) is 3.42. The Bertz CT molecular complexity index is 823. The number of carbonyl (C=O) groups is 1. The minimum atomic E-state index is -0.454. The molecule has 1 aliphatic heterocycles. The lowest BCUT2D eigenvalue weighted by Gasteiger charge is -2.37. The predicted molar refractivity (Wildman–Crippen MR) is 103 cm³/mol. The lowest BCUT2D eigenvalue weighted by molar-refractivity contribution is 0.0508. The maximum Gasteiger partial charge on any atom is 0.255 e. The second-order valence-electron chi connectivity index (χ2n) is 6.38. The third kappa shape index (κ3) is 4.34. The van der Waals surface area contributed by atoms with Crippen LogP contribution in [-0.2, 0) is 4.74 Å². The Kier molecular flexibility index (Phi) is 6.19. The molecule has 0 saturated carbocycles. The van der Waals surface area contributed by atoms with Crippen molar-refractivity contribution in [1.29, 1.82) is 0 Å². The normalized spacial score (nSPS) is 14.4. The van der Waals surface area contributed by atoms with Gasteiger partial charge >= 0.3 is 0 Å². The quantitative estimate of drug-likeness (QED) is 0.727. The molecule has 0 aromatic heterocycles. The van der Waals surface area contributed by atoms with Crippen LogP contribution < -0.4 is 9.64 Å². The van der Waals surface area contributed by atoms with E-state index in [1.54, 1.807) is 12.0 Å². The van der Waals surface area contributed by atoms with Crippen LogP contribution in [0, 0.1) is 12.7 Å². The first kappa shape index (κ1) is 19.5. The Labute approximate surface area is 163 Å². The molecule has 0 aliphatic carbocycles. The molecular formula is C20H22ClFN2O3. The van der Waals surface area contributed by atoms with Crippen molar-refractivity contribution in [1.82, 2.24) is 4.90 Å². The van der Waals surface area contributed by atoms with Gasteiger partial charge in [-0.05, 0) is 36.8 Å². The van der Waals surface area contributed by atoms with Crippen molar-refractivity contribution in [3.8, 4) is 5.75 Å². The molecule has 144 valence electrons. The summed E-state index contributed by atoms with van der Waals surface area (Å²) in [7, 11) is 1.59. The number of halogens is 2. The molecule has 1 amide bonds. The number of ether oxygens (including phenoxy) is 2. The molecule has 3 rings (SSSR count). The summed E-state index contributed by atoms with van der Waals surface area (Å²) >= 11 is 6.03. The largest absolute Gasteiger partial charge is 0.465 e. The summed E-state index contributed by atoms with van der Waals surface area (Å²) in [5.41, 5.74) is 2.34. The second kappa shape index (κ2) is 8.59. The van der Waals surface area contributed by atoms with Crippen LogP contribution in [0.5, 0.6) is 5.75 Å². The first-order chi connectivity index (χ1) is 13.0. The van der Waals surface area contributed by atoms with Crippen LogP contribution in [0.3, 0.4) is 0 Å². The van der Waals surface area contributed by atoms with Gasteiger partial charge in [-0.3, -0.25) is 4.79 Å². The summed E-state index contributed by atoms with van der Waals surface area (Å²) in [6.45, 7) is 4.59. The van der Waals surface area contributed by atoms with E-state index in [2.05, 4.69) is 4.90 Å². The first-order valence-electron chi connectivity index (χ1n) is 8.72. The molecule has 0 unspecified atom stereocenters. The van der Waals surface area contributed by atoms with Gasteiger partial charge in [-0.15, -0.1) is 0 Å². The predicted octanol–water partition coefficient (Wildman–Crippen LogP) is 3.73. The number of aryl methyl sites for hydroxylation is 1. The lowest BCUT2D eigenvalue weighted by Crippen LogP contribution is -2.49. The van der Waals surface area contributed by atoms with Gasteiger partial charge in [0.25, 0.3) is 5.91 Å².